The minimum atomic E-state index is -0.574. The molecule has 3 nitrogen and oxygen atoms in total. The van der Waals surface area contributed by atoms with Crippen LogP contribution in [0.25, 0.3) is 0 Å². The van der Waals surface area contributed by atoms with Crippen LogP contribution >= 0.6 is 0 Å². The van der Waals surface area contributed by atoms with E-state index in [-0.39, 0.29) is 0 Å². The van der Waals surface area contributed by atoms with Gasteiger partial charge in [0.2, 0.25) is 0 Å². The zero-order valence-electron chi connectivity index (χ0n) is 10.4. The van der Waals surface area contributed by atoms with Crippen molar-refractivity contribution >= 4 is 0 Å². The van der Waals surface area contributed by atoms with Crippen LogP contribution in [0, 0.1) is 0 Å². The molecule has 0 amide bonds. The molecule has 1 fully saturated rings. The summed E-state index contributed by atoms with van der Waals surface area (Å²) in [7, 11) is 0. The summed E-state index contributed by atoms with van der Waals surface area (Å²) >= 11 is 0. The van der Waals surface area contributed by atoms with Gasteiger partial charge in [-0.25, -0.2) is 0 Å². The zero-order valence-corrected chi connectivity index (χ0v) is 10.4. The van der Waals surface area contributed by atoms with Gasteiger partial charge in [-0.05, 0) is 52.7 Å². The van der Waals surface area contributed by atoms with E-state index in [1.54, 1.807) is 0 Å². The van der Waals surface area contributed by atoms with Crippen LogP contribution in [0.2, 0.25) is 0 Å². The molecule has 0 radical (unpaired) electrons. The zero-order chi connectivity index (χ0) is 11.3. The van der Waals surface area contributed by atoms with Crippen molar-refractivity contribution in [1.82, 2.24) is 10.2 Å². The summed E-state index contributed by atoms with van der Waals surface area (Å²) in [6.45, 7) is 10.1. The third-order valence-corrected chi connectivity index (χ3v) is 3.06. The maximum Gasteiger partial charge on any atom is 0.0718 e. The Morgan fingerprint density at radius 2 is 2.07 bits per heavy atom. The lowest BCUT2D eigenvalue weighted by Crippen LogP contribution is -2.44. The van der Waals surface area contributed by atoms with Crippen LogP contribution in [-0.4, -0.2) is 47.8 Å². The molecule has 1 heterocycles. The van der Waals surface area contributed by atoms with E-state index in [0.29, 0.717) is 6.04 Å². The first-order valence-corrected chi connectivity index (χ1v) is 6.20. The Bertz CT molecular complexity index is 169. The lowest BCUT2D eigenvalue weighted by molar-refractivity contribution is 0.0205. The van der Waals surface area contributed by atoms with Crippen molar-refractivity contribution in [2.24, 2.45) is 0 Å². The molecule has 1 rings (SSSR count). The molecule has 0 saturated carbocycles. The molecule has 15 heavy (non-hydrogen) atoms. The second-order valence-electron chi connectivity index (χ2n) is 5.21. The number of hydrogen-bond acceptors (Lipinski definition) is 3. The fraction of sp³-hybridized carbons (Fsp3) is 1.00. The molecule has 90 valence electrons. The summed E-state index contributed by atoms with van der Waals surface area (Å²) in [6.07, 6.45) is 3.73. The average molecular weight is 214 g/mol. The average Bonchev–Trinajstić information content (AvgIpc) is 2.40. The number of hydrogen-bond donors (Lipinski definition) is 2. The maximum atomic E-state index is 9.86. The third kappa shape index (κ3) is 4.96. The van der Waals surface area contributed by atoms with Crippen molar-refractivity contribution in [2.45, 2.75) is 51.7 Å². The van der Waals surface area contributed by atoms with Gasteiger partial charge in [-0.3, -0.25) is 4.90 Å². The van der Waals surface area contributed by atoms with Gasteiger partial charge < -0.3 is 10.4 Å². The highest BCUT2D eigenvalue weighted by Crippen LogP contribution is 2.16. The molecule has 1 saturated heterocycles. The van der Waals surface area contributed by atoms with E-state index in [4.69, 9.17) is 0 Å². The topological polar surface area (TPSA) is 35.5 Å². The summed E-state index contributed by atoms with van der Waals surface area (Å²) in [4.78, 5) is 2.42. The first-order chi connectivity index (χ1) is 7.03. The van der Waals surface area contributed by atoms with Crippen molar-refractivity contribution in [3.8, 4) is 0 Å². The van der Waals surface area contributed by atoms with E-state index >= 15 is 0 Å². The Balaban J connectivity index is 2.48. The SMILES string of the molecule is CCN(CC(C)(C)O)C1CCCNCC1. The highest BCUT2D eigenvalue weighted by molar-refractivity contribution is 4.80. The Morgan fingerprint density at radius 1 is 1.33 bits per heavy atom. The van der Waals surface area contributed by atoms with Crippen molar-refractivity contribution in [3.05, 3.63) is 0 Å². The Hall–Kier alpha value is -0.120. The number of nitrogens with one attached hydrogen (secondary N) is 1. The largest absolute Gasteiger partial charge is 0.389 e. The van der Waals surface area contributed by atoms with Gasteiger partial charge in [0.05, 0.1) is 5.60 Å². The number of aliphatic hydroxyl groups is 1. The molecular formula is C12H26N2O. The van der Waals surface area contributed by atoms with E-state index in [1.807, 2.05) is 13.8 Å². The van der Waals surface area contributed by atoms with Crippen molar-refractivity contribution in [1.29, 1.82) is 0 Å². The molecule has 0 bridgehead atoms. The van der Waals surface area contributed by atoms with Crippen LogP contribution in [0.1, 0.15) is 40.0 Å². The highest BCUT2D eigenvalue weighted by atomic mass is 16.3. The molecule has 0 aromatic carbocycles. The highest BCUT2D eigenvalue weighted by Gasteiger charge is 2.24. The number of likely N-dealkylation sites (N-methyl/N-ethyl adjacent to an activating group) is 1. The summed E-state index contributed by atoms with van der Waals surface area (Å²) < 4.78 is 0. The van der Waals surface area contributed by atoms with Crippen molar-refractivity contribution < 1.29 is 5.11 Å². The molecule has 0 aromatic heterocycles. The molecule has 0 aliphatic carbocycles. The summed E-state index contributed by atoms with van der Waals surface area (Å²) in [5.74, 6) is 0. The van der Waals surface area contributed by atoms with Crippen LogP contribution < -0.4 is 5.32 Å². The van der Waals surface area contributed by atoms with Gasteiger partial charge in [-0.1, -0.05) is 6.92 Å². The van der Waals surface area contributed by atoms with Gasteiger partial charge in [0.15, 0.2) is 0 Å². The Labute approximate surface area is 93.9 Å². The molecule has 0 spiro atoms. The first kappa shape index (κ1) is 12.9. The van der Waals surface area contributed by atoms with Crippen molar-refractivity contribution in [2.75, 3.05) is 26.2 Å². The van der Waals surface area contributed by atoms with Crippen LogP contribution in [0.15, 0.2) is 0 Å². The summed E-state index contributed by atoms with van der Waals surface area (Å²) in [5, 5.41) is 13.3. The predicted molar refractivity (Wildman–Crippen MR) is 64.1 cm³/mol. The summed E-state index contributed by atoms with van der Waals surface area (Å²) in [6, 6.07) is 0.649. The van der Waals surface area contributed by atoms with Crippen LogP contribution in [0.3, 0.4) is 0 Å². The summed E-state index contributed by atoms with van der Waals surface area (Å²) in [5.41, 5.74) is -0.574. The molecule has 2 N–H and O–H groups in total. The minimum Gasteiger partial charge on any atom is -0.389 e. The second-order valence-corrected chi connectivity index (χ2v) is 5.21. The molecule has 1 atom stereocenters. The van der Waals surface area contributed by atoms with E-state index < -0.39 is 5.60 Å². The normalized spacial score (nSPS) is 24.2. The number of rotatable bonds is 4. The van der Waals surface area contributed by atoms with Gasteiger partial charge in [0.25, 0.3) is 0 Å². The van der Waals surface area contributed by atoms with E-state index in [1.165, 1.54) is 19.3 Å². The third-order valence-electron chi connectivity index (χ3n) is 3.06. The fourth-order valence-corrected chi connectivity index (χ4v) is 2.36. The number of nitrogens with zero attached hydrogens (tertiary/aromatic N) is 1. The molecule has 1 unspecified atom stereocenters. The molecule has 1 aliphatic rings. The molecule has 3 heteroatoms. The molecule has 0 aromatic rings. The van der Waals surface area contributed by atoms with Crippen LogP contribution in [-0.2, 0) is 0 Å². The molecular weight excluding hydrogens is 188 g/mol. The van der Waals surface area contributed by atoms with Gasteiger partial charge in [0.1, 0.15) is 0 Å². The van der Waals surface area contributed by atoms with E-state index in [9.17, 15) is 5.11 Å². The van der Waals surface area contributed by atoms with E-state index in [2.05, 4.69) is 17.1 Å². The monoisotopic (exact) mass is 214 g/mol. The van der Waals surface area contributed by atoms with Crippen molar-refractivity contribution in [3.63, 3.8) is 0 Å². The quantitative estimate of drug-likeness (QED) is 0.738. The lowest BCUT2D eigenvalue weighted by Gasteiger charge is -2.34. The Kier molecular flexibility index (Phi) is 5.03. The smallest absolute Gasteiger partial charge is 0.0718 e. The van der Waals surface area contributed by atoms with Gasteiger partial charge >= 0.3 is 0 Å². The fourth-order valence-electron chi connectivity index (χ4n) is 2.36. The first-order valence-electron chi connectivity index (χ1n) is 6.20. The van der Waals surface area contributed by atoms with Gasteiger partial charge in [-0.15, -0.1) is 0 Å². The maximum absolute atomic E-state index is 9.86. The molecule has 1 aliphatic heterocycles. The van der Waals surface area contributed by atoms with Gasteiger partial charge in [0, 0.05) is 12.6 Å². The lowest BCUT2D eigenvalue weighted by atomic mass is 10.0. The minimum absolute atomic E-state index is 0.574. The Morgan fingerprint density at radius 3 is 2.67 bits per heavy atom. The van der Waals surface area contributed by atoms with Crippen LogP contribution in [0.4, 0.5) is 0 Å². The van der Waals surface area contributed by atoms with E-state index in [0.717, 1.165) is 26.2 Å². The standard InChI is InChI=1S/C12H26N2O/c1-4-14(10-12(2,3)15)11-6-5-8-13-9-7-11/h11,13,15H,4-10H2,1-3H3. The van der Waals surface area contributed by atoms with Crippen LogP contribution in [0.5, 0.6) is 0 Å². The second kappa shape index (κ2) is 5.83. The predicted octanol–water partition coefficient (Wildman–Crippen LogP) is 1.22. The van der Waals surface area contributed by atoms with Gasteiger partial charge in [-0.2, -0.15) is 0 Å².